The molecule has 6 atom stereocenters. The second-order valence-electron chi connectivity index (χ2n) is 11.6. The van der Waals surface area contributed by atoms with E-state index in [2.05, 4.69) is 97.6 Å². The van der Waals surface area contributed by atoms with Crippen LogP contribution in [0.1, 0.15) is 68.1 Å². The van der Waals surface area contributed by atoms with Crippen LogP contribution in [0.2, 0.25) is 0 Å². The van der Waals surface area contributed by atoms with Crippen molar-refractivity contribution in [3.8, 4) is 5.75 Å². The van der Waals surface area contributed by atoms with Gasteiger partial charge in [0.25, 0.3) is 0 Å². The Kier molecular flexibility index (Phi) is 6.29. The summed E-state index contributed by atoms with van der Waals surface area (Å²) in [6.45, 7) is 4.55. The van der Waals surface area contributed by atoms with Crippen molar-refractivity contribution in [1.82, 2.24) is 0 Å². The van der Waals surface area contributed by atoms with Crippen LogP contribution >= 0.6 is 0 Å². The third-order valence-corrected chi connectivity index (χ3v) is 9.38. The van der Waals surface area contributed by atoms with E-state index in [1.165, 1.54) is 48.1 Å². The van der Waals surface area contributed by atoms with E-state index in [1.807, 2.05) is 7.11 Å². The Morgan fingerprint density at radius 1 is 0.833 bits per heavy atom. The molecule has 6 rings (SSSR count). The number of benzene rings is 3. The largest absolute Gasteiger partial charge is 0.495 e. The van der Waals surface area contributed by atoms with Gasteiger partial charge >= 0.3 is 0 Å². The Balaban J connectivity index is 1.58. The number of hydrogen-bond acceptors (Lipinski definition) is 3. The molecule has 2 saturated carbocycles. The summed E-state index contributed by atoms with van der Waals surface area (Å²) in [5.41, 5.74) is 12.7. The van der Waals surface area contributed by atoms with Gasteiger partial charge in [-0.2, -0.15) is 0 Å². The van der Waals surface area contributed by atoms with Crippen LogP contribution in [0, 0.1) is 17.8 Å². The highest BCUT2D eigenvalue weighted by Gasteiger charge is 2.60. The summed E-state index contributed by atoms with van der Waals surface area (Å²) >= 11 is 0. The molecule has 3 heteroatoms. The van der Waals surface area contributed by atoms with Gasteiger partial charge in [0.15, 0.2) is 0 Å². The lowest BCUT2D eigenvalue weighted by Crippen LogP contribution is -2.55. The molecule has 2 N–H and O–H groups in total. The molecule has 0 spiro atoms. The molecule has 0 radical (unpaired) electrons. The second kappa shape index (κ2) is 9.59. The molecular weight excluding hydrogens is 440 g/mol. The summed E-state index contributed by atoms with van der Waals surface area (Å²) in [5, 5.41) is 0. The van der Waals surface area contributed by atoms with E-state index in [-0.39, 0.29) is 18.0 Å². The molecule has 1 aliphatic heterocycles. The molecule has 3 nitrogen and oxygen atoms in total. The number of fused-ring (bicyclic) bond motifs is 2. The number of methoxy groups -OCH3 is 1. The van der Waals surface area contributed by atoms with Crippen LogP contribution in [0.5, 0.6) is 5.75 Å². The molecule has 2 bridgehead atoms. The number of anilines is 1. The van der Waals surface area contributed by atoms with Crippen molar-refractivity contribution in [2.24, 2.45) is 23.5 Å². The van der Waals surface area contributed by atoms with Crippen molar-refractivity contribution < 1.29 is 4.74 Å². The van der Waals surface area contributed by atoms with E-state index in [1.54, 1.807) is 0 Å². The van der Waals surface area contributed by atoms with Crippen LogP contribution in [0.3, 0.4) is 0 Å². The van der Waals surface area contributed by atoms with Gasteiger partial charge in [0.2, 0.25) is 0 Å². The number of nitrogens with two attached hydrogens (primary N) is 1. The Bertz CT molecular complexity index is 1140. The van der Waals surface area contributed by atoms with Crippen molar-refractivity contribution >= 4 is 5.69 Å². The lowest BCUT2D eigenvalue weighted by molar-refractivity contribution is 0.378. The van der Waals surface area contributed by atoms with Gasteiger partial charge in [-0.05, 0) is 71.8 Å². The van der Waals surface area contributed by atoms with E-state index in [0.717, 1.165) is 17.6 Å². The quantitative estimate of drug-likeness (QED) is 0.414. The third kappa shape index (κ3) is 4.02. The molecule has 1 heterocycles. The predicted molar refractivity (Wildman–Crippen MR) is 149 cm³/mol. The van der Waals surface area contributed by atoms with Gasteiger partial charge in [-0.15, -0.1) is 0 Å². The predicted octanol–water partition coefficient (Wildman–Crippen LogP) is 6.97. The molecule has 2 aliphatic carbocycles. The topological polar surface area (TPSA) is 38.5 Å². The maximum Gasteiger partial charge on any atom is 0.142 e. The van der Waals surface area contributed by atoms with Crippen LogP contribution < -0.4 is 15.4 Å². The molecule has 3 fully saturated rings. The zero-order valence-electron chi connectivity index (χ0n) is 21.9. The van der Waals surface area contributed by atoms with Crippen LogP contribution in [-0.2, 0) is 0 Å². The van der Waals surface area contributed by atoms with Gasteiger partial charge < -0.3 is 15.4 Å². The second-order valence-corrected chi connectivity index (χ2v) is 11.6. The first-order valence-electron chi connectivity index (χ1n) is 13.9. The lowest BCUT2D eigenvalue weighted by Gasteiger charge is -2.46. The van der Waals surface area contributed by atoms with Crippen molar-refractivity contribution in [2.75, 3.05) is 12.0 Å². The lowest BCUT2D eigenvalue weighted by atomic mass is 9.79. The molecule has 3 aromatic carbocycles. The van der Waals surface area contributed by atoms with Gasteiger partial charge in [0.05, 0.1) is 18.8 Å². The Morgan fingerprint density at radius 3 is 2.11 bits per heavy atom. The zero-order chi connectivity index (χ0) is 24.8. The fraction of sp³-hybridized carbons (Fsp3) is 0.455. The monoisotopic (exact) mass is 480 g/mol. The number of hydrogen-bond donors (Lipinski definition) is 1. The number of ether oxygens (including phenoxy) is 1. The zero-order valence-corrected chi connectivity index (χ0v) is 21.9. The van der Waals surface area contributed by atoms with E-state index in [0.29, 0.717) is 17.9 Å². The maximum absolute atomic E-state index is 7.43. The van der Waals surface area contributed by atoms with Gasteiger partial charge in [-0.1, -0.05) is 87.0 Å². The summed E-state index contributed by atoms with van der Waals surface area (Å²) in [7, 11) is 1.81. The Morgan fingerprint density at radius 2 is 1.50 bits per heavy atom. The third-order valence-electron chi connectivity index (χ3n) is 9.38. The fourth-order valence-electron chi connectivity index (χ4n) is 7.63. The van der Waals surface area contributed by atoms with Crippen molar-refractivity contribution in [2.45, 2.75) is 69.5 Å². The van der Waals surface area contributed by atoms with Crippen molar-refractivity contribution in [3.05, 3.63) is 95.6 Å². The molecule has 1 saturated heterocycles. The van der Waals surface area contributed by atoms with Crippen molar-refractivity contribution in [3.63, 3.8) is 0 Å². The standard InChI is InChI=1S/C33H40N2O/c1-21(2)24-17-18-29(36-3)28(19-24)35-25-15-10-16-26-27(20-25)31(26)32(34)33(35)30(22-11-6-4-7-12-22)23-13-8-5-9-14-23/h4-9,11-14,17-19,21,25-27,30-33H,10,15-16,20,34H2,1-3H3. The summed E-state index contributed by atoms with van der Waals surface area (Å²) in [4.78, 5) is 2.74. The Hall–Kier alpha value is -2.78. The minimum absolute atomic E-state index is 0.112. The van der Waals surface area contributed by atoms with E-state index in [9.17, 15) is 0 Å². The van der Waals surface area contributed by atoms with Gasteiger partial charge in [-0.25, -0.2) is 0 Å². The van der Waals surface area contributed by atoms with Gasteiger partial charge in [0, 0.05) is 18.0 Å². The van der Waals surface area contributed by atoms with Gasteiger partial charge in [0.1, 0.15) is 5.75 Å². The van der Waals surface area contributed by atoms with Crippen LogP contribution in [0.4, 0.5) is 5.69 Å². The smallest absolute Gasteiger partial charge is 0.142 e. The molecular formula is C33H40N2O. The summed E-state index contributed by atoms with van der Waals surface area (Å²) in [5.74, 6) is 3.82. The molecule has 0 aromatic heterocycles. The highest BCUT2D eigenvalue weighted by Crippen LogP contribution is 2.61. The van der Waals surface area contributed by atoms with E-state index < -0.39 is 0 Å². The van der Waals surface area contributed by atoms with Crippen LogP contribution in [-0.4, -0.2) is 25.2 Å². The molecule has 3 aromatic rings. The van der Waals surface area contributed by atoms with Crippen LogP contribution in [0.15, 0.2) is 78.9 Å². The molecule has 36 heavy (non-hydrogen) atoms. The average molecular weight is 481 g/mol. The Labute approximate surface area is 216 Å². The van der Waals surface area contributed by atoms with Gasteiger partial charge in [-0.3, -0.25) is 0 Å². The number of rotatable bonds is 6. The molecule has 3 aliphatic rings. The number of nitrogens with zero attached hydrogens (tertiary/aromatic N) is 1. The molecule has 6 unspecified atom stereocenters. The summed E-state index contributed by atoms with van der Waals surface area (Å²) in [6, 6.07) is 29.7. The molecule has 188 valence electrons. The van der Waals surface area contributed by atoms with Crippen LogP contribution in [0.25, 0.3) is 0 Å². The maximum atomic E-state index is 7.43. The van der Waals surface area contributed by atoms with E-state index in [4.69, 9.17) is 10.5 Å². The fourth-order valence-corrected chi connectivity index (χ4v) is 7.63. The first kappa shape index (κ1) is 23.6. The van der Waals surface area contributed by atoms with Crippen molar-refractivity contribution in [1.29, 1.82) is 0 Å². The average Bonchev–Trinajstić information content (AvgIpc) is 3.64. The first-order valence-corrected chi connectivity index (χ1v) is 13.9. The normalized spacial score (nSPS) is 29.1. The van der Waals surface area contributed by atoms with E-state index >= 15 is 0 Å². The summed E-state index contributed by atoms with van der Waals surface area (Å²) < 4.78 is 6.04. The highest BCUT2D eigenvalue weighted by molar-refractivity contribution is 5.64. The summed E-state index contributed by atoms with van der Waals surface area (Å²) in [6.07, 6.45) is 5.12. The highest BCUT2D eigenvalue weighted by atomic mass is 16.5. The molecule has 0 amide bonds. The first-order chi connectivity index (χ1) is 17.6. The minimum Gasteiger partial charge on any atom is -0.495 e. The minimum atomic E-state index is 0.112. The SMILES string of the molecule is COc1ccc(C(C)C)cc1N1C2CCCC3C(C2)C3C(N)C1C(c1ccccc1)c1ccccc1.